The van der Waals surface area contributed by atoms with Crippen molar-refractivity contribution < 1.29 is 48.6 Å². The summed E-state index contributed by atoms with van der Waals surface area (Å²) >= 11 is 0. The Kier molecular flexibility index (Phi) is 12.4. The summed E-state index contributed by atoms with van der Waals surface area (Å²) in [5, 5.41) is 37.0. The van der Waals surface area contributed by atoms with Gasteiger partial charge < -0.3 is 49.1 Å². The number of carbonyl (C=O) groups excluding carboxylic acids is 1. The summed E-state index contributed by atoms with van der Waals surface area (Å²) in [6.45, 7) is 15.0. The number of amides is 1. The molecule has 6 nitrogen and oxygen atoms in total. The molecule has 5 aliphatic rings. The summed E-state index contributed by atoms with van der Waals surface area (Å²) in [4.78, 5) is 13.0. The molecular weight excluding hydrogens is 651 g/mol. The van der Waals surface area contributed by atoms with Crippen molar-refractivity contribution in [1.82, 2.24) is 5.32 Å². The minimum Gasteiger partial charge on any atom is -1.00 e. The zero-order valence-corrected chi connectivity index (χ0v) is 30.1. The van der Waals surface area contributed by atoms with Crippen molar-refractivity contribution >= 4 is 5.91 Å². The molecule has 5 rings (SSSR count). The van der Waals surface area contributed by atoms with Crippen molar-refractivity contribution in [3.8, 4) is 0 Å². The van der Waals surface area contributed by atoms with Crippen LogP contribution in [-0.2, 0) is 4.79 Å². The van der Waals surface area contributed by atoms with Gasteiger partial charge >= 0.3 is 0 Å². The van der Waals surface area contributed by atoms with E-state index < -0.39 is 0 Å². The van der Waals surface area contributed by atoms with Gasteiger partial charge in [-0.05, 0) is 111 Å². The highest BCUT2D eigenvalue weighted by molar-refractivity contribution is 5.75. The van der Waals surface area contributed by atoms with E-state index in [-0.39, 0.29) is 64.9 Å². The van der Waals surface area contributed by atoms with Crippen LogP contribution in [0.1, 0.15) is 124 Å². The van der Waals surface area contributed by atoms with Crippen LogP contribution in [0.15, 0.2) is 0 Å². The van der Waals surface area contributed by atoms with Gasteiger partial charge in [0, 0.05) is 19.3 Å². The second-order valence-corrected chi connectivity index (χ2v) is 16.4. The fourth-order valence-electron chi connectivity index (χ4n) is 11.7. The first kappa shape index (κ1) is 35.9. The number of aliphatic hydroxyl groups is 3. The van der Waals surface area contributed by atoms with Gasteiger partial charge in [-0.2, -0.15) is 0 Å². The Labute approximate surface area is 280 Å². The van der Waals surface area contributed by atoms with Crippen LogP contribution in [0, 0.1) is 46.3 Å². The predicted molar refractivity (Wildman–Crippen MR) is 169 cm³/mol. The number of likely N-dealkylation sites (tertiary alicyclic amines) is 1. The number of rotatable bonds is 12. The Morgan fingerprint density at radius 2 is 1.70 bits per heavy atom. The first-order valence-corrected chi connectivity index (χ1v) is 18.2. The van der Waals surface area contributed by atoms with Gasteiger partial charge in [0.2, 0.25) is 5.91 Å². The lowest BCUT2D eigenvalue weighted by atomic mass is 9.43. The summed E-state index contributed by atoms with van der Waals surface area (Å²) in [6.07, 6.45) is 14.8. The molecule has 11 atom stereocenters. The molecule has 4 aliphatic carbocycles. The largest absolute Gasteiger partial charge is 1.00 e. The Hall–Kier alpha value is 0.0400. The van der Waals surface area contributed by atoms with Gasteiger partial charge in [0.25, 0.3) is 0 Å². The molecule has 4 N–H and O–H groups in total. The molecule has 43 heavy (non-hydrogen) atoms. The Bertz CT molecular complexity index is 914. The molecule has 0 bridgehead atoms. The summed E-state index contributed by atoms with van der Waals surface area (Å²) in [6, 6.07) is 0. The minimum atomic E-state index is -0.361. The van der Waals surface area contributed by atoms with E-state index in [1.165, 1.54) is 62.6 Å². The van der Waals surface area contributed by atoms with Crippen LogP contribution in [0.3, 0.4) is 0 Å². The fourth-order valence-corrected chi connectivity index (χ4v) is 11.7. The molecule has 5 fully saturated rings. The Morgan fingerprint density at radius 3 is 2.42 bits per heavy atom. The SMILES string of the molecule is CCCCCC[N+]1(CCNC(=O)CC[C@@H](C)[C@H]2CC[C@H]3[C@@H]4[C@H](O)C[C@@H]5C[C@H](O)CC[C@]5(C)[C@H]4C[C@H](O)[C@]23C)CCCC1.[I-]. The van der Waals surface area contributed by atoms with Crippen LogP contribution in [-0.4, -0.2) is 76.7 Å². The molecular formula is C36H65IN2O4. The van der Waals surface area contributed by atoms with Crippen LogP contribution in [0.2, 0.25) is 0 Å². The normalized spacial score (nSPS) is 42.3. The number of hydrogen-bond donors (Lipinski definition) is 4. The van der Waals surface area contributed by atoms with Crippen LogP contribution in [0.4, 0.5) is 0 Å². The van der Waals surface area contributed by atoms with Crippen molar-refractivity contribution in [2.45, 2.75) is 142 Å². The minimum absolute atomic E-state index is 0. The maximum absolute atomic E-state index is 13.0. The number of nitrogens with one attached hydrogen (secondary N) is 1. The van der Waals surface area contributed by atoms with Crippen LogP contribution in [0.25, 0.3) is 0 Å². The number of nitrogens with zero attached hydrogens (tertiary/aromatic N) is 1. The first-order valence-electron chi connectivity index (χ1n) is 18.2. The maximum atomic E-state index is 13.0. The smallest absolute Gasteiger partial charge is 0.220 e. The van der Waals surface area contributed by atoms with Gasteiger partial charge in [-0.15, -0.1) is 0 Å². The molecule has 0 radical (unpaired) electrons. The van der Waals surface area contributed by atoms with Gasteiger partial charge in [-0.3, -0.25) is 4.79 Å². The molecule has 0 aromatic carbocycles. The number of unbranched alkanes of at least 4 members (excludes halogenated alkanes) is 3. The van der Waals surface area contributed by atoms with E-state index in [9.17, 15) is 20.1 Å². The Morgan fingerprint density at radius 1 is 0.953 bits per heavy atom. The lowest BCUT2D eigenvalue weighted by Gasteiger charge is -2.63. The fraction of sp³-hybridized carbons (Fsp3) is 0.972. The highest BCUT2D eigenvalue weighted by Gasteiger charge is 2.65. The lowest BCUT2D eigenvalue weighted by Crippen LogP contribution is -3.00. The highest BCUT2D eigenvalue weighted by Crippen LogP contribution is 2.68. The number of aliphatic hydroxyl groups excluding tert-OH is 3. The maximum Gasteiger partial charge on any atom is 0.220 e. The molecule has 1 amide bonds. The van der Waals surface area contributed by atoms with E-state index in [0.717, 1.165) is 64.5 Å². The first-order chi connectivity index (χ1) is 20.0. The third-order valence-corrected chi connectivity index (χ3v) is 14.3. The van der Waals surface area contributed by atoms with Crippen LogP contribution >= 0.6 is 0 Å². The lowest BCUT2D eigenvalue weighted by molar-refractivity contribution is -0.915. The average Bonchev–Trinajstić information content (AvgIpc) is 3.57. The van der Waals surface area contributed by atoms with E-state index in [4.69, 9.17) is 0 Å². The molecule has 1 heterocycles. The summed E-state index contributed by atoms with van der Waals surface area (Å²) in [5.41, 5.74) is -0.0853. The number of carbonyl (C=O) groups is 1. The zero-order chi connectivity index (χ0) is 30.1. The second-order valence-electron chi connectivity index (χ2n) is 16.4. The zero-order valence-electron chi connectivity index (χ0n) is 27.9. The van der Waals surface area contributed by atoms with Crippen molar-refractivity contribution in [3.05, 3.63) is 0 Å². The second kappa shape index (κ2) is 14.9. The third-order valence-electron chi connectivity index (χ3n) is 14.3. The molecule has 250 valence electrons. The summed E-state index contributed by atoms with van der Waals surface area (Å²) in [5.74, 6) is 2.23. The number of fused-ring (bicyclic) bond motifs is 5. The number of hydrogen-bond acceptors (Lipinski definition) is 4. The third kappa shape index (κ3) is 7.16. The number of quaternary nitrogens is 1. The average molecular weight is 717 g/mol. The van der Waals surface area contributed by atoms with Crippen LogP contribution < -0.4 is 29.3 Å². The number of halogens is 1. The van der Waals surface area contributed by atoms with E-state index in [0.29, 0.717) is 36.0 Å². The van der Waals surface area contributed by atoms with Gasteiger partial charge in [0.05, 0.1) is 51.0 Å². The van der Waals surface area contributed by atoms with Gasteiger partial charge in [-0.1, -0.05) is 40.5 Å². The monoisotopic (exact) mass is 716 g/mol. The van der Waals surface area contributed by atoms with E-state index >= 15 is 0 Å². The van der Waals surface area contributed by atoms with Crippen molar-refractivity contribution in [3.63, 3.8) is 0 Å². The quantitative estimate of drug-likeness (QED) is 0.142. The summed E-state index contributed by atoms with van der Waals surface area (Å²) in [7, 11) is 0. The summed E-state index contributed by atoms with van der Waals surface area (Å²) < 4.78 is 1.20. The van der Waals surface area contributed by atoms with Crippen molar-refractivity contribution in [2.75, 3.05) is 32.7 Å². The molecule has 7 heteroatoms. The predicted octanol–water partition coefficient (Wildman–Crippen LogP) is 2.68. The topological polar surface area (TPSA) is 89.8 Å². The van der Waals surface area contributed by atoms with E-state index in [1.54, 1.807) is 0 Å². The van der Waals surface area contributed by atoms with E-state index in [2.05, 4.69) is 33.0 Å². The molecule has 0 unspecified atom stereocenters. The molecule has 1 saturated heterocycles. The molecule has 0 aromatic heterocycles. The van der Waals surface area contributed by atoms with Crippen molar-refractivity contribution in [2.24, 2.45) is 46.3 Å². The molecule has 0 spiro atoms. The standard InChI is InChI=1S/C36H64N2O4.HI/c1-5-6-7-8-18-38(19-9-10-20-38)21-17-37-33(42)14-11-25(2)28-12-13-29-34-30(24-32(41)36(28,29)4)35(3)16-15-27(39)22-26(35)23-31(34)40;/h25-32,34,39-41H,5-24H2,1-4H3;1H/t25-,26+,27-,28-,29+,30+,31-,32+,34+,35+,36-;/m1./s1. The Balaban J connectivity index is 0.00000423. The molecule has 4 saturated carbocycles. The van der Waals surface area contributed by atoms with E-state index in [1.807, 2.05) is 0 Å². The van der Waals surface area contributed by atoms with Gasteiger partial charge in [-0.25, -0.2) is 0 Å². The highest BCUT2D eigenvalue weighted by atomic mass is 127. The van der Waals surface area contributed by atoms with Gasteiger partial charge in [0.15, 0.2) is 0 Å². The molecule has 1 aliphatic heterocycles. The van der Waals surface area contributed by atoms with Crippen LogP contribution in [0.5, 0.6) is 0 Å². The van der Waals surface area contributed by atoms with Crippen molar-refractivity contribution in [1.29, 1.82) is 0 Å². The molecule has 0 aromatic rings. The van der Waals surface area contributed by atoms with Gasteiger partial charge in [0.1, 0.15) is 0 Å².